The molecule has 0 amide bonds. The molecule has 0 bridgehead atoms. The number of aryl methyl sites for hydroxylation is 1. The maximum atomic E-state index is 5.85. The van der Waals surface area contributed by atoms with Crippen molar-refractivity contribution < 1.29 is 4.74 Å². The normalized spacial score (nSPS) is 25.0. The summed E-state index contributed by atoms with van der Waals surface area (Å²) < 4.78 is 5.42. The zero-order valence-corrected chi connectivity index (χ0v) is 10.5. The first-order valence-electron chi connectivity index (χ1n) is 6.03. The van der Waals surface area contributed by atoms with E-state index in [0.717, 1.165) is 30.9 Å². The standard InChI is InChI=1S/C12H20N4O/c1-9-12(15-5-4-14-9)16-6-3-11(17-2)7-10(16)8-13/h4-5,10-11H,3,6-8,13H2,1-2H3. The average molecular weight is 236 g/mol. The van der Waals surface area contributed by atoms with Crippen LogP contribution in [0.4, 0.5) is 5.82 Å². The Balaban J connectivity index is 2.18. The van der Waals surface area contributed by atoms with Crippen molar-refractivity contribution in [1.82, 2.24) is 9.97 Å². The fraction of sp³-hybridized carbons (Fsp3) is 0.667. The van der Waals surface area contributed by atoms with Crippen molar-refractivity contribution in [3.05, 3.63) is 18.1 Å². The predicted octanol–water partition coefficient (Wildman–Crippen LogP) is 0.728. The molecule has 1 aromatic rings. The molecule has 2 N–H and O–H groups in total. The van der Waals surface area contributed by atoms with E-state index in [9.17, 15) is 0 Å². The molecule has 1 aliphatic heterocycles. The van der Waals surface area contributed by atoms with Gasteiger partial charge in [-0.15, -0.1) is 0 Å². The molecule has 2 rings (SSSR count). The van der Waals surface area contributed by atoms with Crippen LogP contribution in [0.3, 0.4) is 0 Å². The highest BCUT2D eigenvalue weighted by Crippen LogP contribution is 2.25. The van der Waals surface area contributed by atoms with E-state index in [1.165, 1.54) is 0 Å². The van der Waals surface area contributed by atoms with Gasteiger partial charge in [0.05, 0.1) is 11.8 Å². The molecule has 2 unspecified atom stereocenters. The van der Waals surface area contributed by atoms with Crippen molar-refractivity contribution in [3.8, 4) is 0 Å². The van der Waals surface area contributed by atoms with Crippen molar-refractivity contribution in [3.63, 3.8) is 0 Å². The van der Waals surface area contributed by atoms with Crippen LogP contribution in [0.25, 0.3) is 0 Å². The van der Waals surface area contributed by atoms with Crippen LogP contribution >= 0.6 is 0 Å². The Kier molecular flexibility index (Phi) is 3.91. The lowest BCUT2D eigenvalue weighted by atomic mass is 9.99. The predicted molar refractivity (Wildman–Crippen MR) is 67.0 cm³/mol. The number of piperidine rings is 1. The number of hydrogen-bond acceptors (Lipinski definition) is 5. The van der Waals surface area contributed by atoms with E-state index < -0.39 is 0 Å². The van der Waals surface area contributed by atoms with Crippen LogP contribution < -0.4 is 10.6 Å². The van der Waals surface area contributed by atoms with Crippen molar-refractivity contribution in [1.29, 1.82) is 0 Å². The summed E-state index contributed by atoms with van der Waals surface area (Å²) in [4.78, 5) is 11.0. The summed E-state index contributed by atoms with van der Waals surface area (Å²) in [7, 11) is 1.77. The third kappa shape index (κ3) is 2.56. The molecule has 1 aromatic heterocycles. The Hall–Kier alpha value is -1.20. The Labute approximate surface area is 102 Å². The van der Waals surface area contributed by atoms with Gasteiger partial charge in [0.25, 0.3) is 0 Å². The molecule has 94 valence electrons. The van der Waals surface area contributed by atoms with Crippen LogP contribution in [0, 0.1) is 6.92 Å². The molecular weight excluding hydrogens is 216 g/mol. The minimum absolute atomic E-state index is 0.295. The molecule has 1 fully saturated rings. The fourth-order valence-electron chi connectivity index (χ4n) is 2.41. The first-order chi connectivity index (χ1) is 8.26. The monoisotopic (exact) mass is 236 g/mol. The zero-order valence-electron chi connectivity index (χ0n) is 10.5. The number of rotatable bonds is 3. The first kappa shape index (κ1) is 12.3. The summed E-state index contributed by atoms with van der Waals surface area (Å²) in [5, 5.41) is 0. The number of anilines is 1. The lowest BCUT2D eigenvalue weighted by Crippen LogP contribution is -2.49. The summed E-state index contributed by atoms with van der Waals surface area (Å²) in [5.74, 6) is 0.956. The van der Waals surface area contributed by atoms with Crippen molar-refractivity contribution >= 4 is 5.82 Å². The van der Waals surface area contributed by atoms with E-state index in [-0.39, 0.29) is 0 Å². The number of nitrogens with two attached hydrogens (primary N) is 1. The molecule has 2 atom stereocenters. The van der Waals surface area contributed by atoms with Crippen molar-refractivity contribution in [2.75, 3.05) is 25.1 Å². The minimum Gasteiger partial charge on any atom is -0.381 e. The molecule has 0 saturated carbocycles. The largest absolute Gasteiger partial charge is 0.381 e. The van der Waals surface area contributed by atoms with Crippen LogP contribution in [0.5, 0.6) is 0 Å². The zero-order chi connectivity index (χ0) is 12.3. The lowest BCUT2D eigenvalue weighted by Gasteiger charge is -2.39. The summed E-state index contributed by atoms with van der Waals surface area (Å²) >= 11 is 0. The molecule has 17 heavy (non-hydrogen) atoms. The SMILES string of the molecule is COC1CCN(c2nccnc2C)C(CN)C1. The molecule has 0 aliphatic carbocycles. The van der Waals surface area contributed by atoms with Gasteiger partial charge in [-0.25, -0.2) is 4.98 Å². The summed E-state index contributed by atoms with van der Waals surface area (Å²) in [5.41, 5.74) is 6.81. The van der Waals surface area contributed by atoms with Crippen LogP contribution in [0.1, 0.15) is 18.5 Å². The van der Waals surface area contributed by atoms with Crippen molar-refractivity contribution in [2.45, 2.75) is 31.9 Å². The minimum atomic E-state index is 0.295. The maximum Gasteiger partial charge on any atom is 0.150 e. The van der Waals surface area contributed by atoms with E-state index in [1.807, 2.05) is 6.92 Å². The van der Waals surface area contributed by atoms with Crippen LogP contribution in [0.2, 0.25) is 0 Å². The highest BCUT2D eigenvalue weighted by atomic mass is 16.5. The number of methoxy groups -OCH3 is 1. The van der Waals surface area contributed by atoms with E-state index in [0.29, 0.717) is 18.7 Å². The number of nitrogens with zero attached hydrogens (tertiary/aromatic N) is 3. The molecule has 0 aromatic carbocycles. The van der Waals surface area contributed by atoms with Gasteiger partial charge < -0.3 is 15.4 Å². The third-order valence-corrected chi connectivity index (χ3v) is 3.40. The Morgan fingerprint density at radius 2 is 2.24 bits per heavy atom. The van der Waals surface area contributed by atoms with Gasteiger partial charge in [-0.05, 0) is 19.8 Å². The second kappa shape index (κ2) is 5.42. The average Bonchev–Trinajstić information content (AvgIpc) is 2.38. The van der Waals surface area contributed by atoms with E-state index in [2.05, 4.69) is 14.9 Å². The van der Waals surface area contributed by atoms with E-state index in [4.69, 9.17) is 10.5 Å². The Morgan fingerprint density at radius 3 is 2.88 bits per heavy atom. The summed E-state index contributed by atoms with van der Waals surface area (Å²) in [6, 6.07) is 0.295. The molecule has 0 radical (unpaired) electrons. The van der Waals surface area contributed by atoms with Gasteiger partial charge in [-0.1, -0.05) is 0 Å². The van der Waals surface area contributed by atoms with Gasteiger partial charge in [-0.2, -0.15) is 0 Å². The quantitative estimate of drug-likeness (QED) is 0.838. The van der Waals surface area contributed by atoms with E-state index in [1.54, 1.807) is 19.5 Å². The number of hydrogen-bond donors (Lipinski definition) is 1. The molecular formula is C12H20N4O. The van der Waals surface area contributed by atoms with E-state index >= 15 is 0 Å². The smallest absolute Gasteiger partial charge is 0.150 e. The first-order valence-corrected chi connectivity index (χ1v) is 6.03. The number of ether oxygens (including phenoxy) is 1. The van der Waals surface area contributed by atoms with Gasteiger partial charge in [0.1, 0.15) is 5.82 Å². The highest BCUT2D eigenvalue weighted by molar-refractivity contribution is 5.44. The molecule has 0 spiro atoms. The molecule has 1 saturated heterocycles. The fourth-order valence-corrected chi connectivity index (χ4v) is 2.41. The molecule has 1 aliphatic rings. The summed E-state index contributed by atoms with van der Waals surface area (Å²) in [6.45, 7) is 3.54. The lowest BCUT2D eigenvalue weighted by molar-refractivity contribution is 0.0707. The number of aromatic nitrogens is 2. The van der Waals surface area contributed by atoms with Crippen molar-refractivity contribution in [2.24, 2.45) is 5.73 Å². The van der Waals surface area contributed by atoms with Crippen LogP contribution in [0.15, 0.2) is 12.4 Å². The van der Waals surface area contributed by atoms with Gasteiger partial charge in [0.2, 0.25) is 0 Å². The molecule has 5 nitrogen and oxygen atoms in total. The van der Waals surface area contributed by atoms with Crippen LogP contribution in [-0.4, -0.2) is 42.3 Å². The second-order valence-corrected chi connectivity index (χ2v) is 4.43. The Morgan fingerprint density at radius 1 is 1.47 bits per heavy atom. The topological polar surface area (TPSA) is 64.3 Å². The van der Waals surface area contributed by atoms with Gasteiger partial charge in [0.15, 0.2) is 0 Å². The van der Waals surface area contributed by atoms with Gasteiger partial charge in [-0.3, -0.25) is 4.98 Å². The maximum absolute atomic E-state index is 5.85. The highest BCUT2D eigenvalue weighted by Gasteiger charge is 2.29. The summed E-state index contributed by atoms with van der Waals surface area (Å²) in [6.07, 6.45) is 5.75. The van der Waals surface area contributed by atoms with Gasteiger partial charge >= 0.3 is 0 Å². The third-order valence-electron chi connectivity index (χ3n) is 3.40. The molecule has 5 heteroatoms. The molecule has 2 heterocycles. The van der Waals surface area contributed by atoms with Gasteiger partial charge in [0, 0.05) is 38.6 Å². The van der Waals surface area contributed by atoms with Crippen LogP contribution in [-0.2, 0) is 4.74 Å². The second-order valence-electron chi connectivity index (χ2n) is 4.43. The Bertz CT molecular complexity index is 371.